The van der Waals surface area contributed by atoms with Crippen LogP contribution < -0.4 is 10.9 Å². The first kappa shape index (κ1) is 20.2. The monoisotopic (exact) mass is 405 g/mol. The average Bonchev–Trinajstić information content (AvgIpc) is 2.70. The van der Waals surface area contributed by atoms with E-state index >= 15 is 0 Å². The van der Waals surface area contributed by atoms with Gasteiger partial charge in [-0.15, -0.1) is 0 Å². The highest BCUT2D eigenvalue weighted by molar-refractivity contribution is 7.89. The van der Waals surface area contributed by atoms with Crippen molar-refractivity contribution in [3.63, 3.8) is 0 Å². The summed E-state index contributed by atoms with van der Waals surface area (Å²) in [7, 11) is -3.93. The Morgan fingerprint density at radius 2 is 1.93 bits per heavy atom. The molecule has 0 saturated carbocycles. The summed E-state index contributed by atoms with van der Waals surface area (Å²) in [6.07, 6.45) is 2.24. The van der Waals surface area contributed by atoms with Gasteiger partial charge in [-0.2, -0.15) is 4.31 Å². The van der Waals surface area contributed by atoms with E-state index < -0.39 is 21.5 Å². The van der Waals surface area contributed by atoms with Gasteiger partial charge >= 0.3 is 0 Å². The summed E-state index contributed by atoms with van der Waals surface area (Å²) < 4.78 is 33.0. The van der Waals surface area contributed by atoms with Crippen LogP contribution in [0.15, 0.2) is 52.3 Å². The van der Waals surface area contributed by atoms with Gasteiger partial charge in [0, 0.05) is 25.0 Å². The first-order valence-electron chi connectivity index (χ1n) is 9.08. The zero-order valence-electron chi connectivity index (χ0n) is 15.6. The summed E-state index contributed by atoms with van der Waals surface area (Å²) in [6, 6.07) is 10.2. The Morgan fingerprint density at radius 3 is 2.64 bits per heavy atom. The van der Waals surface area contributed by atoms with Gasteiger partial charge in [-0.25, -0.2) is 8.42 Å². The van der Waals surface area contributed by atoms with E-state index in [0.717, 1.165) is 16.6 Å². The molecule has 0 spiro atoms. The van der Waals surface area contributed by atoms with Crippen molar-refractivity contribution in [3.05, 3.63) is 58.5 Å². The molecule has 1 aromatic heterocycles. The molecule has 150 valence electrons. The number of amides is 1. The number of hydrogen-bond acceptors (Lipinski definition) is 5. The number of morpholine rings is 1. The predicted octanol–water partition coefficient (Wildman–Crippen LogP) is 1.07. The van der Waals surface area contributed by atoms with Gasteiger partial charge in [0.15, 0.2) is 0 Å². The third-order valence-electron chi connectivity index (χ3n) is 4.51. The quantitative estimate of drug-likeness (QED) is 0.775. The van der Waals surface area contributed by atoms with Crippen molar-refractivity contribution in [2.45, 2.75) is 24.8 Å². The minimum atomic E-state index is -3.93. The molecule has 1 aliphatic rings. The number of rotatable bonds is 6. The lowest BCUT2D eigenvalue weighted by molar-refractivity contribution is -0.116. The van der Waals surface area contributed by atoms with Crippen molar-refractivity contribution in [2.24, 2.45) is 0 Å². The fourth-order valence-electron chi connectivity index (χ4n) is 2.99. The summed E-state index contributed by atoms with van der Waals surface area (Å²) >= 11 is 0. The summed E-state index contributed by atoms with van der Waals surface area (Å²) in [5, 5.41) is 2.74. The zero-order chi connectivity index (χ0) is 20.1. The van der Waals surface area contributed by atoms with Crippen LogP contribution in [0, 0.1) is 0 Å². The Kier molecular flexibility index (Phi) is 6.28. The van der Waals surface area contributed by atoms with Gasteiger partial charge in [-0.05, 0) is 36.2 Å². The number of pyridine rings is 1. The predicted molar refractivity (Wildman–Crippen MR) is 105 cm³/mol. The topological polar surface area (TPSA) is 97.7 Å². The molecule has 9 heteroatoms. The standard InChI is InChI=1S/C19H23N3O5S/c1-2-15-5-3-6-16(13-15)20-18(23)14-21-8-4-7-17(19(21)24)28(25,26)22-9-11-27-12-10-22/h3-8,13H,2,9-12,14H2,1H3,(H,20,23). The van der Waals surface area contributed by atoms with E-state index in [9.17, 15) is 18.0 Å². The number of carbonyl (C=O) groups excluding carboxylic acids is 1. The van der Waals surface area contributed by atoms with Crippen molar-refractivity contribution in [1.29, 1.82) is 0 Å². The lowest BCUT2D eigenvalue weighted by atomic mass is 10.1. The second-order valence-corrected chi connectivity index (χ2v) is 8.33. The van der Waals surface area contributed by atoms with Crippen LogP contribution in [-0.4, -0.2) is 49.5 Å². The van der Waals surface area contributed by atoms with Crippen LogP contribution in [0.1, 0.15) is 12.5 Å². The van der Waals surface area contributed by atoms with Gasteiger partial charge in [0.2, 0.25) is 15.9 Å². The van der Waals surface area contributed by atoms with Crippen LogP contribution in [-0.2, 0) is 32.5 Å². The lowest BCUT2D eigenvalue weighted by Crippen LogP contribution is -2.43. The Balaban J connectivity index is 1.79. The maximum absolute atomic E-state index is 12.8. The molecule has 1 fully saturated rings. The summed E-state index contributed by atoms with van der Waals surface area (Å²) in [6.45, 7) is 2.72. The van der Waals surface area contributed by atoms with Crippen LogP contribution in [0.3, 0.4) is 0 Å². The molecule has 0 radical (unpaired) electrons. The molecular weight excluding hydrogens is 382 g/mol. The number of ether oxygens (including phenoxy) is 1. The molecule has 0 atom stereocenters. The molecule has 1 amide bonds. The number of carbonyl (C=O) groups is 1. The van der Waals surface area contributed by atoms with Crippen LogP contribution in [0.25, 0.3) is 0 Å². The Morgan fingerprint density at radius 1 is 1.18 bits per heavy atom. The molecule has 2 heterocycles. The van der Waals surface area contributed by atoms with E-state index in [1.165, 1.54) is 22.6 Å². The molecule has 1 aromatic carbocycles. The second kappa shape index (κ2) is 8.68. The molecular formula is C19H23N3O5S. The van der Waals surface area contributed by atoms with E-state index in [0.29, 0.717) is 18.9 Å². The fourth-order valence-corrected chi connectivity index (χ4v) is 4.48. The molecule has 1 aliphatic heterocycles. The average molecular weight is 405 g/mol. The van der Waals surface area contributed by atoms with E-state index in [1.807, 2.05) is 25.1 Å². The molecule has 28 heavy (non-hydrogen) atoms. The number of nitrogens with zero attached hydrogens (tertiary/aromatic N) is 2. The number of nitrogens with one attached hydrogen (secondary N) is 1. The van der Waals surface area contributed by atoms with Crippen molar-refractivity contribution < 1.29 is 17.9 Å². The van der Waals surface area contributed by atoms with Gasteiger partial charge in [0.1, 0.15) is 11.4 Å². The highest BCUT2D eigenvalue weighted by Crippen LogP contribution is 2.14. The number of sulfonamides is 1. The number of anilines is 1. The SMILES string of the molecule is CCc1cccc(NC(=O)Cn2cccc(S(=O)(=O)N3CCOCC3)c2=O)c1. The van der Waals surface area contributed by atoms with E-state index in [2.05, 4.69) is 5.32 Å². The molecule has 0 aliphatic carbocycles. The number of benzene rings is 1. The van der Waals surface area contributed by atoms with Gasteiger partial charge < -0.3 is 14.6 Å². The summed E-state index contributed by atoms with van der Waals surface area (Å²) in [5.74, 6) is -0.406. The molecule has 3 rings (SSSR count). The highest BCUT2D eigenvalue weighted by atomic mass is 32.2. The van der Waals surface area contributed by atoms with Gasteiger partial charge in [-0.3, -0.25) is 9.59 Å². The molecule has 2 aromatic rings. The van der Waals surface area contributed by atoms with Crippen molar-refractivity contribution in [2.75, 3.05) is 31.6 Å². The molecule has 1 saturated heterocycles. The lowest BCUT2D eigenvalue weighted by Gasteiger charge is -2.25. The third kappa shape index (κ3) is 4.49. The van der Waals surface area contributed by atoms with Crippen LogP contribution in [0.2, 0.25) is 0 Å². The number of hydrogen-bond donors (Lipinski definition) is 1. The van der Waals surface area contributed by atoms with Crippen LogP contribution >= 0.6 is 0 Å². The largest absolute Gasteiger partial charge is 0.379 e. The van der Waals surface area contributed by atoms with Gasteiger partial charge in [-0.1, -0.05) is 19.1 Å². The van der Waals surface area contributed by atoms with E-state index in [1.54, 1.807) is 6.07 Å². The first-order chi connectivity index (χ1) is 13.4. The minimum absolute atomic E-state index is 0.199. The highest BCUT2D eigenvalue weighted by Gasteiger charge is 2.29. The van der Waals surface area contributed by atoms with Crippen molar-refractivity contribution >= 4 is 21.6 Å². The molecule has 8 nitrogen and oxygen atoms in total. The van der Waals surface area contributed by atoms with Gasteiger partial charge in [0.25, 0.3) is 5.56 Å². The molecule has 1 N–H and O–H groups in total. The normalized spacial score (nSPS) is 15.3. The summed E-state index contributed by atoms with van der Waals surface area (Å²) in [5.41, 5.74) is 0.995. The van der Waals surface area contributed by atoms with Crippen LogP contribution in [0.5, 0.6) is 0 Å². The maximum Gasteiger partial charge on any atom is 0.271 e. The van der Waals surface area contributed by atoms with Crippen molar-refractivity contribution in [1.82, 2.24) is 8.87 Å². The minimum Gasteiger partial charge on any atom is -0.379 e. The second-order valence-electron chi connectivity index (χ2n) is 6.42. The first-order valence-corrected chi connectivity index (χ1v) is 10.5. The van der Waals surface area contributed by atoms with Crippen LogP contribution in [0.4, 0.5) is 5.69 Å². The Labute approximate surface area is 163 Å². The third-order valence-corrected chi connectivity index (χ3v) is 6.42. The van der Waals surface area contributed by atoms with E-state index in [4.69, 9.17) is 4.74 Å². The number of aromatic nitrogens is 1. The Hall–Kier alpha value is -2.49. The Bertz CT molecular complexity index is 1010. The van der Waals surface area contributed by atoms with E-state index in [-0.39, 0.29) is 24.5 Å². The van der Waals surface area contributed by atoms with Gasteiger partial charge in [0.05, 0.1) is 13.2 Å². The van der Waals surface area contributed by atoms with Crippen molar-refractivity contribution in [3.8, 4) is 0 Å². The molecule has 0 bridgehead atoms. The molecule has 0 unspecified atom stereocenters. The maximum atomic E-state index is 12.8. The zero-order valence-corrected chi connectivity index (χ0v) is 16.4. The summed E-state index contributed by atoms with van der Waals surface area (Å²) in [4.78, 5) is 24.7. The fraction of sp³-hybridized carbons (Fsp3) is 0.368. The smallest absolute Gasteiger partial charge is 0.271 e. The number of aryl methyl sites for hydroxylation is 1.